The largest absolute Gasteiger partial charge is 0.378 e. The van der Waals surface area contributed by atoms with Crippen LogP contribution in [0.3, 0.4) is 0 Å². The van der Waals surface area contributed by atoms with Crippen LogP contribution in [0.25, 0.3) is 0 Å². The van der Waals surface area contributed by atoms with Crippen LogP contribution in [-0.4, -0.2) is 30.7 Å². The van der Waals surface area contributed by atoms with Crippen LogP contribution in [0, 0.1) is 5.92 Å². The summed E-state index contributed by atoms with van der Waals surface area (Å²) in [5.41, 5.74) is 4.95. The van der Waals surface area contributed by atoms with E-state index in [1.54, 1.807) is 0 Å². The van der Waals surface area contributed by atoms with Crippen molar-refractivity contribution in [3.05, 3.63) is 0 Å². The lowest BCUT2D eigenvalue weighted by Crippen LogP contribution is -2.53. The molecule has 1 amide bonds. The minimum atomic E-state index is -0.573. The third-order valence-electron chi connectivity index (χ3n) is 4.70. The highest BCUT2D eigenvalue weighted by molar-refractivity contribution is 5.84. The summed E-state index contributed by atoms with van der Waals surface area (Å²) in [7, 11) is 0. The van der Waals surface area contributed by atoms with E-state index in [0.717, 1.165) is 44.8 Å². The SMILES string of the molecule is CCCNC(C)(CCCCOC1CCC(C)CC1)C(N)=O. The Balaban J connectivity index is 2.15. The molecule has 0 spiro atoms. The number of hydrogen-bond acceptors (Lipinski definition) is 3. The molecule has 0 aromatic heterocycles. The number of nitrogens with one attached hydrogen (secondary N) is 1. The van der Waals surface area contributed by atoms with Gasteiger partial charge in [0, 0.05) is 6.61 Å². The lowest BCUT2D eigenvalue weighted by molar-refractivity contribution is -0.124. The smallest absolute Gasteiger partial charge is 0.237 e. The second kappa shape index (κ2) is 9.42. The molecule has 0 heterocycles. The predicted octanol–water partition coefficient (Wildman–Crippen LogP) is 3.00. The molecule has 1 aliphatic carbocycles. The molecule has 1 atom stereocenters. The highest BCUT2D eigenvalue weighted by Gasteiger charge is 2.29. The van der Waals surface area contributed by atoms with Crippen LogP contribution < -0.4 is 11.1 Å². The predicted molar refractivity (Wildman–Crippen MR) is 87.1 cm³/mol. The summed E-state index contributed by atoms with van der Waals surface area (Å²) >= 11 is 0. The van der Waals surface area contributed by atoms with Gasteiger partial charge in [0.2, 0.25) is 5.91 Å². The number of amides is 1. The first kappa shape index (κ1) is 18.4. The Labute approximate surface area is 130 Å². The first-order chi connectivity index (χ1) is 9.98. The van der Waals surface area contributed by atoms with E-state index in [9.17, 15) is 4.79 Å². The van der Waals surface area contributed by atoms with Crippen molar-refractivity contribution in [3.8, 4) is 0 Å². The summed E-state index contributed by atoms with van der Waals surface area (Å²) in [6.45, 7) is 7.96. The summed E-state index contributed by atoms with van der Waals surface area (Å²) in [6.07, 6.45) is 9.23. The second-order valence-corrected chi connectivity index (χ2v) is 6.83. The molecule has 1 fully saturated rings. The van der Waals surface area contributed by atoms with Crippen molar-refractivity contribution in [3.63, 3.8) is 0 Å². The average molecular weight is 298 g/mol. The van der Waals surface area contributed by atoms with E-state index in [1.165, 1.54) is 25.7 Å². The zero-order valence-electron chi connectivity index (χ0n) is 14.1. The molecule has 3 N–H and O–H groups in total. The van der Waals surface area contributed by atoms with E-state index in [0.29, 0.717) is 6.10 Å². The molecule has 4 nitrogen and oxygen atoms in total. The van der Waals surface area contributed by atoms with E-state index in [-0.39, 0.29) is 5.91 Å². The lowest BCUT2D eigenvalue weighted by Gasteiger charge is -2.28. The van der Waals surface area contributed by atoms with E-state index in [4.69, 9.17) is 10.5 Å². The second-order valence-electron chi connectivity index (χ2n) is 6.83. The fourth-order valence-corrected chi connectivity index (χ4v) is 2.93. The Morgan fingerprint density at radius 2 is 1.95 bits per heavy atom. The van der Waals surface area contributed by atoms with Crippen molar-refractivity contribution in [2.24, 2.45) is 11.7 Å². The number of nitrogens with two attached hydrogens (primary N) is 1. The number of primary amides is 1. The van der Waals surface area contributed by atoms with Gasteiger partial charge in [-0.25, -0.2) is 0 Å². The van der Waals surface area contributed by atoms with E-state index in [1.807, 2.05) is 6.92 Å². The molecule has 0 bridgehead atoms. The van der Waals surface area contributed by atoms with Crippen molar-refractivity contribution in [2.45, 2.75) is 83.8 Å². The Morgan fingerprint density at radius 1 is 1.29 bits per heavy atom. The van der Waals surface area contributed by atoms with Crippen molar-refractivity contribution >= 4 is 5.91 Å². The number of carbonyl (C=O) groups is 1. The van der Waals surface area contributed by atoms with E-state index in [2.05, 4.69) is 19.2 Å². The molecule has 4 heteroatoms. The van der Waals surface area contributed by atoms with Gasteiger partial charge in [0.05, 0.1) is 11.6 Å². The van der Waals surface area contributed by atoms with Crippen molar-refractivity contribution < 1.29 is 9.53 Å². The summed E-state index contributed by atoms with van der Waals surface area (Å²) < 4.78 is 5.95. The number of hydrogen-bond donors (Lipinski definition) is 2. The highest BCUT2D eigenvalue weighted by Crippen LogP contribution is 2.25. The molecule has 1 saturated carbocycles. The molecule has 0 radical (unpaired) electrons. The molecule has 0 aromatic carbocycles. The Bertz CT molecular complexity index is 301. The molecule has 0 aliphatic heterocycles. The minimum Gasteiger partial charge on any atom is -0.378 e. The number of carbonyl (C=O) groups excluding carboxylic acids is 1. The van der Waals surface area contributed by atoms with E-state index < -0.39 is 5.54 Å². The van der Waals surface area contributed by atoms with Crippen LogP contribution in [0.4, 0.5) is 0 Å². The van der Waals surface area contributed by atoms with Gasteiger partial charge in [-0.1, -0.05) is 13.8 Å². The molecule has 0 saturated heterocycles. The Morgan fingerprint density at radius 3 is 2.52 bits per heavy atom. The third-order valence-corrected chi connectivity index (χ3v) is 4.70. The molecule has 0 aromatic rings. The Kier molecular flexibility index (Phi) is 8.27. The third kappa shape index (κ3) is 6.79. The molecule has 124 valence electrons. The normalized spacial score (nSPS) is 25.5. The first-order valence-corrected chi connectivity index (χ1v) is 8.64. The molecular formula is C17H34N2O2. The van der Waals surface area contributed by atoms with Crippen molar-refractivity contribution in [1.82, 2.24) is 5.32 Å². The zero-order chi connectivity index (χ0) is 15.7. The van der Waals surface area contributed by atoms with Crippen LogP contribution in [0.5, 0.6) is 0 Å². The fraction of sp³-hybridized carbons (Fsp3) is 0.941. The van der Waals surface area contributed by atoms with Crippen LogP contribution in [0.1, 0.15) is 72.1 Å². The van der Waals surface area contributed by atoms with Gasteiger partial charge in [0.1, 0.15) is 0 Å². The number of rotatable bonds is 10. The highest BCUT2D eigenvalue weighted by atomic mass is 16.5. The summed E-state index contributed by atoms with van der Waals surface area (Å²) in [4.78, 5) is 11.6. The molecular weight excluding hydrogens is 264 g/mol. The molecule has 1 rings (SSSR count). The first-order valence-electron chi connectivity index (χ1n) is 8.64. The van der Waals surface area contributed by atoms with Gasteiger partial charge in [-0.3, -0.25) is 4.79 Å². The van der Waals surface area contributed by atoms with Crippen molar-refractivity contribution in [2.75, 3.05) is 13.2 Å². The summed E-state index contributed by atoms with van der Waals surface area (Å²) in [6, 6.07) is 0. The van der Waals surface area contributed by atoms with Crippen molar-refractivity contribution in [1.29, 1.82) is 0 Å². The minimum absolute atomic E-state index is 0.252. The maximum atomic E-state index is 11.6. The van der Waals surface area contributed by atoms with E-state index >= 15 is 0 Å². The standard InChI is InChI=1S/C17H34N2O2/c1-4-12-19-17(3,16(18)20)11-5-6-13-21-15-9-7-14(2)8-10-15/h14-15,19H,4-13H2,1-3H3,(H2,18,20). The van der Waals surface area contributed by atoms with Gasteiger partial charge in [-0.15, -0.1) is 0 Å². The fourth-order valence-electron chi connectivity index (χ4n) is 2.93. The topological polar surface area (TPSA) is 64.3 Å². The van der Waals surface area contributed by atoms with Crippen LogP contribution in [0.15, 0.2) is 0 Å². The maximum Gasteiger partial charge on any atom is 0.237 e. The average Bonchev–Trinajstić information content (AvgIpc) is 2.46. The van der Waals surface area contributed by atoms with Gasteiger partial charge < -0.3 is 15.8 Å². The molecule has 1 aliphatic rings. The van der Waals surface area contributed by atoms with Crippen LogP contribution >= 0.6 is 0 Å². The monoisotopic (exact) mass is 298 g/mol. The van der Waals surface area contributed by atoms with Crippen LogP contribution in [0.2, 0.25) is 0 Å². The van der Waals surface area contributed by atoms with Gasteiger partial charge >= 0.3 is 0 Å². The number of unbranched alkanes of at least 4 members (excludes halogenated alkanes) is 1. The quantitative estimate of drug-likeness (QED) is 0.609. The van der Waals surface area contributed by atoms with Gasteiger partial charge in [0.15, 0.2) is 0 Å². The summed E-state index contributed by atoms with van der Waals surface area (Å²) in [5.74, 6) is 0.615. The summed E-state index contributed by atoms with van der Waals surface area (Å²) in [5, 5.41) is 3.28. The molecule has 21 heavy (non-hydrogen) atoms. The number of ether oxygens (including phenoxy) is 1. The van der Waals surface area contributed by atoms with Gasteiger partial charge in [-0.2, -0.15) is 0 Å². The Hall–Kier alpha value is -0.610. The lowest BCUT2D eigenvalue weighted by atomic mass is 9.89. The van der Waals surface area contributed by atoms with Gasteiger partial charge in [-0.05, 0) is 70.8 Å². The van der Waals surface area contributed by atoms with Gasteiger partial charge in [0.25, 0.3) is 0 Å². The molecule has 1 unspecified atom stereocenters. The zero-order valence-corrected chi connectivity index (χ0v) is 14.1. The van der Waals surface area contributed by atoms with Crippen LogP contribution in [-0.2, 0) is 9.53 Å². The maximum absolute atomic E-state index is 11.6.